The maximum atomic E-state index is 13.0. The number of halogens is 1. The molecule has 0 N–H and O–H groups in total. The lowest BCUT2D eigenvalue weighted by Crippen LogP contribution is -2.19. The van der Waals surface area contributed by atoms with Gasteiger partial charge in [-0.25, -0.2) is 9.37 Å². The zero-order valence-corrected chi connectivity index (χ0v) is 12.5. The Balaban J connectivity index is 2.25. The Hall–Kier alpha value is -1.75. The van der Waals surface area contributed by atoms with Crippen LogP contribution in [-0.2, 0) is 21.4 Å². The highest BCUT2D eigenvalue weighted by molar-refractivity contribution is 7.09. The Morgan fingerprint density at radius 2 is 2.00 bits per heavy atom. The van der Waals surface area contributed by atoms with Crippen LogP contribution in [0.25, 0.3) is 0 Å². The molecular formula is C15H16FNO2S. The third-order valence-electron chi connectivity index (χ3n) is 3.21. The highest BCUT2D eigenvalue weighted by Gasteiger charge is 2.27. The van der Waals surface area contributed by atoms with Crippen molar-refractivity contribution in [3.05, 3.63) is 51.7 Å². The number of carbonyl (C=O) groups is 1. The second kappa shape index (κ2) is 5.71. The maximum absolute atomic E-state index is 13.0. The van der Waals surface area contributed by atoms with E-state index in [1.807, 2.05) is 19.2 Å². The quantitative estimate of drug-likeness (QED) is 0.812. The lowest BCUT2D eigenvalue weighted by atomic mass is 9.85. The van der Waals surface area contributed by atoms with Crippen LogP contribution in [0.2, 0.25) is 0 Å². The van der Waals surface area contributed by atoms with E-state index in [9.17, 15) is 9.18 Å². The van der Waals surface area contributed by atoms with Gasteiger partial charge in [-0.2, -0.15) is 0 Å². The van der Waals surface area contributed by atoms with Crippen molar-refractivity contribution >= 4 is 17.3 Å². The molecule has 1 aromatic heterocycles. The molecule has 2 rings (SSSR count). The van der Waals surface area contributed by atoms with E-state index in [-0.39, 0.29) is 23.6 Å². The average molecular weight is 293 g/mol. The van der Waals surface area contributed by atoms with E-state index in [1.165, 1.54) is 30.6 Å². The fourth-order valence-corrected chi connectivity index (χ4v) is 2.85. The summed E-state index contributed by atoms with van der Waals surface area (Å²) in [6.07, 6.45) is 0.173. The minimum atomic E-state index is -0.327. The van der Waals surface area contributed by atoms with Crippen LogP contribution in [0.15, 0.2) is 29.6 Å². The Morgan fingerprint density at radius 1 is 1.35 bits per heavy atom. The van der Waals surface area contributed by atoms with Gasteiger partial charge >= 0.3 is 5.97 Å². The van der Waals surface area contributed by atoms with Crippen LogP contribution in [0.1, 0.15) is 30.1 Å². The molecule has 0 amide bonds. The number of nitrogens with zero attached hydrogens (tertiary/aromatic N) is 1. The zero-order chi connectivity index (χ0) is 14.8. The molecule has 0 atom stereocenters. The fourth-order valence-electron chi connectivity index (χ4n) is 1.89. The molecule has 0 spiro atoms. The topological polar surface area (TPSA) is 39.2 Å². The number of hydrogen-bond acceptors (Lipinski definition) is 4. The van der Waals surface area contributed by atoms with Gasteiger partial charge in [0.15, 0.2) is 0 Å². The van der Waals surface area contributed by atoms with Gasteiger partial charge < -0.3 is 4.74 Å². The number of rotatable bonds is 4. The van der Waals surface area contributed by atoms with E-state index >= 15 is 0 Å². The molecule has 0 saturated carbocycles. The van der Waals surface area contributed by atoms with Crippen molar-refractivity contribution in [3.8, 4) is 0 Å². The number of methoxy groups -OCH3 is 1. The lowest BCUT2D eigenvalue weighted by Gasteiger charge is -2.22. The van der Waals surface area contributed by atoms with Crippen LogP contribution in [-0.4, -0.2) is 18.1 Å². The van der Waals surface area contributed by atoms with Crippen LogP contribution in [0.4, 0.5) is 4.39 Å². The number of aromatic nitrogens is 1. The first-order valence-corrected chi connectivity index (χ1v) is 7.09. The van der Waals surface area contributed by atoms with Crippen molar-refractivity contribution in [1.29, 1.82) is 0 Å². The Kier molecular flexibility index (Phi) is 4.18. The first-order valence-electron chi connectivity index (χ1n) is 6.21. The second-order valence-electron chi connectivity index (χ2n) is 5.03. The minimum Gasteiger partial charge on any atom is -0.469 e. The number of ether oxygens (including phenoxy) is 1. The molecule has 0 bridgehead atoms. The Labute approximate surface area is 121 Å². The lowest BCUT2D eigenvalue weighted by molar-refractivity contribution is -0.139. The standard InChI is InChI=1S/C15H16FNO2S/c1-15(2,10-4-6-11(16)7-5-10)14-17-12(9-20-14)8-13(18)19-3/h4-7,9H,8H2,1-3H3. The summed E-state index contributed by atoms with van der Waals surface area (Å²) in [7, 11) is 1.36. The van der Waals surface area contributed by atoms with E-state index in [4.69, 9.17) is 0 Å². The van der Waals surface area contributed by atoms with E-state index < -0.39 is 0 Å². The molecule has 1 aromatic carbocycles. The smallest absolute Gasteiger partial charge is 0.311 e. The summed E-state index contributed by atoms with van der Waals surface area (Å²) in [5, 5.41) is 2.75. The normalized spacial score (nSPS) is 11.4. The van der Waals surface area contributed by atoms with Crippen LogP contribution < -0.4 is 0 Å². The van der Waals surface area contributed by atoms with Crippen molar-refractivity contribution < 1.29 is 13.9 Å². The SMILES string of the molecule is COC(=O)Cc1csc(C(C)(C)c2ccc(F)cc2)n1. The second-order valence-corrected chi connectivity index (χ2v) is 5.89. The molecule has 0 saturated heterocycles. The van der Waals surface area contributed by atoms with Gasteiger partial charge in [0.05, 0.1) is 19.2 Å². The van der Waals surface area contributed by atoms with Gasteiger partial charge in [0.1, 0.15) is 10.8 Å². The van der Waals surface area contributed by atoms with Crippen LogP contribution in [0.5, 0.6) is 0 Å². The van der Waals surface area contributed by atoms with E-state index in [0.29, 0.717) is 5.69 Å². The molecule has 0 radical (unpaired) electrons. The number of hydrogen-bond donors (Lipinski definition) is 0. The van der Waals surface area contributed by atoms with Gasteiger partial charge in [-0.05, 0) is 31.5 Å². The van der Waals surface area contributed by atoms with Crippen LogP contribution in [0, 0.1) is 5.82 Å². The predicted molar refractivity (Wildman–Crippen MR) is 76.4 cm³/mol. The Bertz CT molecular complexity index is 605. The predicted octanol–water partition coefficient (Wildman–Crippen LogP) is 3.32. The first-order chi connectivity index (χ1) is 9.43. The van der Waals surface area contributed by atoms with Crippen molar-refractivity contribution in [2.24, 2.45) is 0 Å². The first kappa shape index (κ1) is 14.7. The molecule has 20 heavy (non-hydrogen) atoms. The maximum Gasteiger partial charge on any atom is 0.311 e. The van der Waals surface area contributed by atoms with Crippen molar-refractivity contribution in [3.63, 3.8) is 0 Å². The number of esters is 1. The molecule has 5 heteroatoms. The van der Waals surface area contributed by atoms with E-state index in [1.54, 1.807) is 12.1 Å². The molecule has 0 aliphatic carbocycles. The van der Waals surface area contributed by atoms with Gasteiger partial charge in [-0.1, -0.05) is 12.1 Å². The third-order valence-corrected chi connectivity index (χ3v) is 4.42. The zero-order valence-electron chi connectivity index (χ0n) is 11.6. The number of carbonyl (C=O) groups excluding carboxylic acids is 1. The summed E-state index contributed by atoms with van der Waals surface area (Å²) in [6.45, 7) is 4.06. The molecule has 0 unspecified atom stereocenters. The summed E-state index contributed by atoms with van der Waals surface area (Å²) in [4.78, 5) is 15.7. The fraction of sp³-hybridized carbons (Fsp3) is 0.333. The summed E-state index contributed by atoms with van der Waals surface area (Å²) >= 11 is 1.50. The molecule has 2 aromatic rings. The summed E-state index contributed by atoms with van der Waals surface area (Å²) in [5.74, 6) is -0.559. The van der Waals surface area contributed by atoms with Gasteiger partial charge in [0.2, 0.25) is 0 Å². The summed E-state index contributed by atoms with van der Waals surface area (Å²) in [5.41, 5.74) is 1.36. The highest BCUT2D eigenvalue weighted by Crippen LogP contribution is 2.33. The monoisotopic (exact) mass is 293 g/mol. The number of thiazole rings is 1. The van der Waals surface area contributed by atoms with Gasteiger partial charge in [0.25, 0.3) is 0 Å². The highest BCUT2D eigenvalue weighted by atomic mass is 32.1. The molecular weight excluding hydrogens is 277 g/mol. The average Bonchev–Trinajstić information content (AvgIpc) is 2.88. The summed E-state index contributed by atoms with van der Waals surface area (Å²) in [6, 6.07) is 6.41. The van der Waals surface area contributed by atoms with E-state index in [2.05, 4.69) is 9.72 Å². The Morgan fingerprint density at radius 3 is 2.60 bits per heavy atom. The molecule has 1 heterocycles. The molecule has 106 valence electrons. The third kappa shape index (κ3) is 3.04. The van der Waals surface area contributed by atoms with Gasteiger partial charge in [-0.15, -0.1) is 11.3 Å². The van der Waals surface area contributed by atoms with Gasteiger partial charge in [0, 0.05) is 10.8 Å². The molecule has 3 nitrogen and oxygen atoms in total. The molecule has 0 aliphatic rings. The molecule has 0 fully saturated rings. The molecule has 0 aliphatic heterocycles. The van der Waals surface area contributed by atoms with E-state index in [0.717, 1.165) is 10.6 Å². The van der Waals surface area contributed by atoms with Crippen molar-refractivity contribution in [1.82, 2.24) is 4.98 Å². The number of benzene rings is 1. The van der Waals surface area contributed by atoms with Crippen molar-refractivity contribution in [2.45, 2.75) is 25.7 Å². The summed E-state index contributed by atoms with van der Waals surface area (Å²) < 4.78 is 17.6. The van der Waals surface area contributed by atoms with Crippen LogP contribution >= 0.6 is 11.3 Å². The van der Waals surface area contributed by atoms with Gasteiger partial charge in [-0.3, -0.25) is 4.79 Å². The largest absolute Gasteiger partial charge is 0.469 e. The van der Waals surface area contributed by atoms with Crippen molar-refractivity contribution in [2.75, 3.05) is 7.11 Å². The van der Waals surface area contributed by atoms with Crippen LogP contribution in [0.3, 0.4) is 0 Å². The minimum absolute atomic E-state index is 0.173.